The van der Waals surface area contributed by atoms with Crippen LogP contribution in [0, 0.1) is 0 Å². The van der Waals surface area contributed by atoms with Gasteiger partial charge in [-0.25, -0.2) is 0 Å². The molecule has 2 aromatic carbocycles. The summed E-state index contributed by atoms with van der Waals surface area (Å²) in [4.78, 5) is 28.7. The number of hydrogen-bond donors (Lipinski definition) is 0. The number of benzene rings is 2. The fourth-order valence-electron chi connectivity index (χ4n) is 2.30. The number of ether oxygens (including phenoxy) is 1. The van der Waals surface area contributed by atoms with Crippen molar-refractivity contribution in [2.24, 2.45) is 4.99 Å². The highest BCUT2D eigenvalue weighted by Crippen LogP contribution is 2.29. The quantitative estimate of drug-likeness (QED) is 0.573. The topological polar surface area (TPSA) is 60.7 Å². The van der Waals surface area contributed by atoms with Gasteiger partial charge in [-0.3, -0.25) is 9.59 Å². The fourth-order valence-corrected chi connectivity index (χ4v) is 4.23. The second-order valence-corrected chi connectivity index (χ2v) is 7.49. The third-order valence-electron chi connectivity index (χ3n) is 3.50. The summed E-state index contributed by atoms with van der Waals surface area (Å²) < 4.78 is 6.97. The minimum atomic E-state index is -0.490. The van der Waals surface area contributed by atoms with E-state index in [0.29, 0.717) is 35.6 Å². The van der Waals surface area contributed by atoms with Gasteiger partial charge in [0.05, 0.1) is 22.3 Å². The van der Waals surface area contributed by atoms with Crippen LogP contribution in [0.15, 0.2) is 41.4 Å². The largest absolute Gasteiger partial charge is 0.468 e. The average Bonchev–Trinajstić information content (AvgIpc) is 2.92. The summed E-state index contributed by atoms with van der Waals surface area (Å²) in [5.41, 5.74) is 0.940. The molecular formula is C17H11Cl3N2O3S. The molecule has 0 aliphatic heterocycles. The second-order valence-electron chi connectivity index (χ2n) is 5.21. The number of thiazole rings is 1. The van der Waals surface area contributed by atoms with Gasteiger partial charge in [-0.15, -0.1) is 0 Å². The third kappa shape index (κ3) is 3.94. The average molecular weight is 430 g/mol. The van der Waals surface area contributed by atoms with E-state index in [2.05, 4.69) is 4.99 Å². The van der Waals surface area contributed by atoms with Crippen molar-refractivity contribution in [3.05, 3.63) is 61.8 Å². The Morgan fingerprint density at radius 3 is 2.46 bits per heavy atom. The van der Waals surface area contributed by atoms with Crippen LogP contribution in [0.5, 0.6) is 0 Å². The van der Waals surface area contributed by atoms with E-state index in [1.165, 1.54) is 23.0 Å². The maximum atomic E-state index is 12.5. The van der Waals surface area contributed by atoms with E-state index < -0.39 is 11.9 Å². The van der Waals surface area contributed by atoms with Crippen LogP contribution in [0.1, 0.15) is 10.4 Å². The Hall–Kier alpha value is -1.86. The summed E-state index contributed by atoms with van der Waals surface area (Å²) >= 11 is 19.4. The normalized spacial score (nSPS) is 11.8. The molecule has 3 rings (SSSR count). The van der Waals surface area contributed by atoms with Gasteiger partial charge in [-0.05, 0) is 36.4 Å². The molecule has 0 aliphatic carbocycles. The number of nitrogens with zero attached hydrogens (tertiary/aromatic N) is 2. The minimum absolute atomic E-state index is 0.134. The highest BCUT2D eigenvalue weighted by molar-refractivity contribution is 7.16. The first-order valence-electron chi connectivity index (χ1n) is 7.29. The number of aromatic nitrogens is 1. The zero-order valence-corrected chi connectivity index (χ0v) is 16.4. The van der Waals surface area contributed by atoms with Crippen molar-refractivity contribution in [3.63, 3.8) is 0 Å². The number of hydrogen-bond acceptors (Lipinski definition) is 4. The third-order valence-corrected chi connectivity index (χ3v) is 5.28. The Morgan fingerprint density at radius 1 is 1.12 bits per heavy atom. The standard InChI is InChI=1S/C17H11Cl3N2O3S/c1-25-14(23)8-22-15-12(20)6-11(19)7-13(15)26-17(22)21-16(24)9-2-4-10(18)5-3-9/h2-7H,8H2,1H3. The van der Waals surface area contributed by atoms with E-state index in [1.54, 1.807) is 36.4 Å². The van der Waals surface area contributed by atoms with Crippen molar-refractivity contribution in [2.45, 2.75) is 6.54 Å². The number of carbonyl (C=O) groups is 2. The van der Waals surface area contributed by atoms with Crippen molar-refractivity contribution < 1.29 is 14.3 Å². The van der Waals surface area contributed by atoms with Gasteiger partial charge in [0.2, 0.25) is 0 Å². The Labute approximate surface area is 167 Å². The van der Waals surface area contributed by atoms with Crippen molar-refractivity contribution >= 4 is 68.2 Å². The molecule has 1 heterocycles. The lowest BCUT2D eigenvalue weighted by Crippen LogP contribution is -2.22. The van der Waals surface area contributed by atoms with Crippen LogP contribution in [0.3, 0.4) is 0 Å². The van der Waals surface area contributed by atoms with E-state index in [1.807, 2.05) is 0 Å². The molecule has 0 atom stereocenters. The molecule has 5 nitrogen and oxygen atoms in total. The van der Waals surface area contributed by atoms with Gasteiger partial charge in [0, 0.05) is 15.6 Å². The molecule has 134 valence electrons. The SMILES string of the molecule is COC(=O)Cn1c(=NC(=O)c2ccc(Cl)cc2)sc2cc(Cl)cc(Cl)c21. The first-order chi connectivity index (χ1) is 12.4. The van der Waals surface area contributed by atoms with Gasteiger partial charge < -0.3 is 9.30 Å². The monoisotopic (exact) mass is 428 g/mol. The van der Waals surface area contributed by atoms with Gasteiger partial charge in [0.25, 0.3) is 5.91 Å². The van der Waals surface area contributed by atoms with Gasteiger partial charge in [-0.1, -0.05) is 46.1 Å². The van der Waals surface area contributed by atoms with Crippen LogP contribution in [-0.2, 0) is 16.1 Å². The number of esters is 1. The summed E-state index contributed by atoms with van der Waals surface area (Å²) in [6.45, 7) is -0.134. The van der Waals surface area contributed by atoms with E-state index in [-0.39, 0.29) is 6.54 Å². The minimum Gasteiger partial charge on any atom is -0.468 e. The molecule has 9 heteroatoms. The highest BCUT2D eigenvalue weighted by Gasteiger charge is 2.15. The number of rotatable bonds is 3. The number of methoxy groups -OCH3 is 1. The maximum absolute atomic E-state index is 12.5. The van der Waals surface area contributed by atoms with Gasteiger partial charge in [0.15, 0.2) is 4.80 Å². The Kier molecular flexibility index (Phi) is 5.67. The Balaban J connectivity index is 2.18. The molecule has 0 aliphatic rings. The van der Waals surface area contributed by atoms with Gasteiger partial charge in [0.1, 0.15) is 6.54 Å². The Bertz CT molecular complexity index is 1070. The predicted molar refractivity (Wildman–Crippen MR) is 103 cm³/mol. The summed E-state index contributed by atoms with van der Waals surface area (Å²) in [6.07, 6.45) is 0. The van der Waals surface area contributed by atoms with Crippen LogP contribution in [-0.4, -0.2) is 23.6 Å². The van der Waals surface area contributed by atoms with Gasteiger partial charge in [-0.2, -0.15) is 4.99 Å². The second kappa shape index (κ2) is 7.80. The molecule has 0 N–H and O–H groups in total. The molecule has 0 spiro atoms. The number of amides is 1. The van der Waals surface area contributed by atoms with Crippen LogP contribution < -0.4 is 4.80 Å². The lowest BCUT2D eigenvalue weighted by atomic mass is 10.2. The van der Waals surface area contributed by atoms with Crippen LogP contribution in [0.25, 0.3) is 10.2 Å². The lowest BCUT2D eigenvalue weighted by molar-refractivity contribution is -0.141. The molecule has 0 saturated heterocycles. The molecule has 0 bridgehead atoms. The zero-order chi connectivity index (χ0) is 18.8. The van der Waals surface area contributed by atoms with Crippen LogP contribution >= 0.6 is 46.1 Å². The summed E-state index contributed by atoms with van der Waals surface area (Å²) in [6, 6.07) is 9.64. The lowest BCUT2D eigenvalue weighted by Gasteiger charge is -2.05. The molecule has 0 fully saturated rings. The van der Waals surface area contributed by atoms with Crippen molar-refractivity contribution in [1.29, 1.82) is 0 Å². The van der Waals surface area contributed by atoms with Crippen molar-refractivity contribution in [3.8, 4) is 0 Å². The molecule has 0 radical (unpaired) electrons. The van der Waals surface area contributed by atoms with Crippen LogP contribution in [0.2, 0.25) is 15.1 Å². The predicted octanol–water partition coefficient (Wildman–Crippen LogP) is 4.58. The summed E-state index contributed by atoms with van der Waals surface area (Å²) in [5, 5.41) is 1.32. The summed E-state index contributed by atoms with van der Waals surface area (Å²) in [5.74, 6) is -0.954. The first-order valence-corrected chi connectivity index (χ1v) is 9.24. The molecular weight excluding hydrogens is 419 g/mol. The van der Waals surface area contributed by atoms with E-state index in [0.717, 1.165) is 0 Å². The number of carbonyl (C=O) groups excluding carboxylic acids is 2. The first kappa shape index (κ1) is 18.9. The highest BCUT2D eigenvalue weighted by atomic mass is 35.5. The molecule has 26 heavy (non-hydrogen) atoms. The number of fused-ring (bicyclic) bond motifs is 1. The zero-order valence-electron chi connectivity index (χ0n) is 13.3. The van der Waals surface area contributed by atoms with E-state index in [4.69, 9.17) is 39.5 Å². The molecule has 1 aromatic heterocycles. The van der Waals surface area contributed by atoms with Crippen LogP contribution in [0.4, 0.5) is 0 Å². The van der Waals surface area contributed by atoms with Crippen molar-refractivity contribution in [1.82, 2.24) is 4.57 Å². The smallest absolute Gasteiger partial charge is 0.325 e. The van der Waals surface area contributed by atoms with Gasteiger partial charge >= 0.3 is 5.97 Å². The van der Waals surface area contributed by atoms with E-state index >= 15 is 0 Å². The molecule has 1 amide bonds. The number of halogens is 3. The molecule has 0 unspecified atom stereocenters. The molecule has 0 saturated carbocycles. The van der Waals surface area contributed by atoms with Crippen molar-refractivity contribution in [2.75, 3.05) is 7.11 Å². The maximum Gasteiger partial charge on any atom is 0.325 e. The Morgan fingerprint density at radius 2 is 1.81 bits per heavy atom. The fraction of sp³-hybridized carbons (Fsp3) is 0.118. The summed E-state index contributed by atoms with van der Waals surface area (Å²) in [7, 11) is 1.28. The van der Waals surface area contributed by atoms with E-state index in [9.17, 15) is 9.59 Å². The molecule has 3 aromatic rings.